The number of benzene rings is 2. The van der Waals surface area contributed by atoms with Gasteiger partial charge in [-0.1, -0.05) is 24.3 Å². The normalized spacial score (nSPS) is 10.2. The summed E-state index contributed by atoms with van der Waals surface area (Å²) in [5, 5.41) is 11.4. The van der Waals surface area contributed by atoms with Crippen molar-refractivity contribution < 1.29 is 4.79 Å². The predicted molar refractivity (Wildman–Crippen MR) is 84.3 cm³/mol. The van der Waals surface area contributed by atoms with E-state index in [0.29, 0.717) is 17.8 Å². The van der Waals surface area contributed by atoms with Crippen molar-refractivity contribution >= 4 is 23.4 Å². The van der Waals surface area contributed by atoms with Crippen LogP contribution in [-0.2, 0) is 11.2 Å². The molecule has 0 fully saturated rings. The lowest BCUT2D eigenvalue weighted by atomic mass is 10.1. The van der Waals surface area contributed by atoms with Crippen LogP contribution >= 0.6 is 0 Å². The molecule has 0 aliphatic carbocycles. The minimum absolute atomic E-state index is 0.208. The molecule has 3 N–H and O–H groups in total. The van der Waals surface area contributed by atoms with Crippen LogP contribution in [0.5, 0.6) is 0 Å². The molecule has 0 saturated carbocycles. The van der Waals surface area contributed by atoms with Crippen molar-refractivity contribution in [2.24, 2.45) is 0 Å². The summed E-state index contributed by atoms with van der Waals surface area (Å²) >= 11 is 0. The second-order valence-electron chi connectivity index (χ2n) is 4.52. The molecule has 0 unspecified atom stereocenters. The van der Waals surface area contributed by atoms with Crippen molar-refractivity contribution in [1.29, 1.82) is 5.26 Å². The van der Waals surface area contributed by atoms with Gasteiger partial charge in [-0.2, -0.15) is 5.26 Å². The van der Waals surface area contributed by atoms with Crippen LogP contribution in [0.25, 0.3) is 6.08 Å². The van der Waals surface area contributed by atoms with E-state index >= 15 is 0 Å². The Labute approximate surface area is 123 Å². The molecular weight excluding hydrogens is 262 g/mol. The minimum Gasteiger partial charge on any atom is -0.399 e. The molecule has 2 aromatic carbocycles. The summed E-state index contributed by atoms with van der Waals surface area (Å²) in [6, 6.07) is 16.5. The SMILES string of the molecule is N#CCc1ccc(NC(=O)/C=C/c2ccc(N)cc2)cc1. The molecule has 0 atom stereocenters. The molecule has 21 heavy (non-hydrogen) atoms. The van der Waals surface area contributed by atoms with Gasteiger partial charge in [0.2, 0.25) is 5.91 Å². The van der Waals surface area contributed by atoms with Crippen molar-refractivity contribution in [3.05, 3.63) is 65.7 Å². The van der Waals surface area contributed by atoms with Gasteiger partial charge in [-0.05, 0) is 41.5 Å². The topological polar surface area (TPSA) is 78.9 Å². The highest BCUT2D eigenvalue weighted by Crippen LogP contribution is 2.11. The van der Waals surface area contributed by atoms with Crippen LogP contribution < -0.4 is 11.1 Å². The highest BCUT2D eigenvalue weighted by molar-refractivity contribution is 6.01. The fourth-order valence-corrected chi connectivity index (χ4v) is 1.76. The van der Waals surface area contributed by atoms with Gasteiger partial charge >= 0.3 is 0 Å². The standard InChI is InChI=1S/C17H15N3O/c18-12-11-14-3-8-16(9-4-14)20-17(21)10-5-13-1-6-15(19)7-2-13/h1-10H,11,19H2,(H,20,21)/b10-5+. The lowest BCUT2D eigenvalue weighted by Crippen LogP contribution is -2.07. The maximum absolute atomic E-state index is 11.8. The number of nitrogen functional groups attached to an aromatic ring is 1. The van der Waals surface area contributed by atoms with Gasteiger partial charge in [0, 0.05) is 17.5 Å². The van der Waals surface area contributed by atoms with E-state index in [1.54, 1.807) is 30.3 Å². The lowest BCUT2D eigenvalue weighted by molar-refractivity contribution is -0.111. The van der Waals surface area contributed by atoms with Gasteiger partial charge in [-0.15, -0.1) is 0 Å². The first-order valence-corrected chi connectivity index (χ1v) is 6.48. The van der Waals surface area contributed by atoms with Crippen LogP contribution in [0.3, 0.4) is 0 Å². The molecule has 2 rings (SSSR count). The quantitative estimate of drug-likeness (QED) is 0.666. The molecule has 0 aromatic heterocycles. The number of hydrogen-bond donors (Lipinski definition) is 2. The molecule has 0 bridgehead atoms. The van der Waals surface area contributed by atoms with E-state index in [0.717, 1.165) is 11.1 Å². The van der Waals surface area contributed by atoms with Crippen molar-refractivity contribution in [3.63, 3.8) is 0 Å². The molecular formula is C17H15N3O. The molecule has 4 nitrogen and oxygen atoms in total. The highest BCUT2D eigenvalue weighted by Gasteiger charge is 1.98. The zero-order valence-corrected chi connectivity index (χ0v) is 11.4. The third-order valence-electron chi connectivity index (χ3n) is 2.87. The van der Waals surface area contributed by atoms with Crippen LogP contribution in [0.4, 0.5) is 11.4 Å². The van der Waals surface area contributed by atoms with E-state index in [1.165, 1.54) is 6.08 Å². The Hall–Kier alpha value is -3.06. The number of nitrogens with zero attached hydrogens (tertiary/aromatic N) is 1. The molecule has 104 valence electrons. The summed E-state index contributed by atoms with van der Waals surface area (Å²) in [6.07, 6.45) is 3.55. The van der Waals surface area contributed by atoms with Gasteiger partial charge in [0.25, 0.3) is 0 Å². The van der Waals surface area contributed by atoms with Crippen LogP contribution in [0, 0.1) is 11.3 Å². The van der Waals surface area contributed by atoms with Crippen molar-refractivity contribution in [2.45, 2.75) is 6.42 Å². The minimum atomic E-state index is -0.208. The number of nitrogens with one attached hydrogen (secondary N) is 1. The predicted octanol–water partition coefficient (Wildman–Crippen LogP) is 2.99. The van der Waals surface area contributed by atoms with E-state index in [1.807, 2.05) is 24.3 Å². The summed E-state index contributed by atoms with van der Waals surface area (Å²) in [5.41, 5.74) is 8.81. The maximum Gasteiger partial charge on any atom is 0.248 e. The Balaban J connectivity index is 1.95. The van der Waals surface area contributed by atoms with Gasteiger partial charge in [0.05, 0.1) is 12.5 Å². The second-order valence-corrected chi connectivity index (χ2v) is 4.52. The summed E-state index contributed by atoms with van der Waals surface area (Å²) in [6.45, 7) is 0. The van der Waals surface area contributed by atoms with Crippen molar-refractivity contribution in [1.82, 2.24) is 0 Å². The molecule has 0 aliphatic heterocycles. The number of carbonyl (C=O) groups is 1. The van der Waals surface area contributed by atoms with Gasteiger partial charge in [0.1, 0.15) is 0 Å². The molecule has 0 radical (unpaired) electrons. The highest BCUT2D eigenvalue weighted by atomic mass is 16.1. The zero-order chi connectivity index (χ0) is 15.1. The maximum atomic E-state index is 11.8. The number of carbonyl (C=O) groups excluding carboxylic acids is 1. The number of nitrogens with two attached hydrogens (primary N) is 1. The first-order chi connectivity index (χ1) is 10.2. The number of amides is 1. The average molecular weight is 277 g/mol. The Morgan fingerprint density at radius 3 is 2.43 bits per heavy atom. The fourth-order valence-electron chi connectivity index (χ4n) is 1.76. The van der Waals surface area contributed by atoms with Gasteiger partial charge in [-0.3, -0.25) is 4.79 Å². The average Bonchev–Trinajstić information content (AvgIpc) is 2.49. The lowest BCUT2D eigenvalue weighted by Gasteiger charge is -2.02. The van der Waals surface area contributed by atoms with E-state index < -0.39 is 0 Å². The first-order valence-electron chi connectivity index (χ1n) is 6.48. The number of hydrogen-bond acceptors (Lipinski definition) is 3. The molecule has 0 heterocycles. The van der Waals surface area contributed by atoms with Crippen LogP contribution in [0.1, 0.15) is 11.1 Å². The third-order valence-corrected chi connectivity index (χ3v) is 2.87. The zero-order valence-electron chi connectivity index (χ0n) is 11.4. The Bertz CT molecular complexity index is 679. The fraction of sp³-hybridized carbons (Fsp3) is 0.0588. The van der Waals surface area contributed by atoms with E-state index in [2.05, 4.69) is 11.4 Å². The van der Waals surface area contributed by atoms with Crippen LogP contribution in [-0.4, -0.2) is 5.91 Å². The Kier molecular flexibility index (Phi) is 4.73. The molecule has 0 aliphatic rings. The Morgan fingerprint density at radius 2 is 1.81 bits per heavy atom. The van der Waals surface area contributed by atoms with Crippen LogP contribution in [0.15, 0.2) is 54.6 Å². The summed E-state index contributed by atoms with van der Waals surface area (Å²) in [7, 11) is 0. The van der Waals surface area contributed by atoms with Gasteiger partial charge in [-0.25, -0.2) is 0 Å². The largest absolute Gasteiger partial charge is 0.399 e. The van der Waals surface area contributed by atoms with Crippen molar-refractivity contribution in [3.8, 4) is 6.07 Å². The van der Waals surface area contributed by atoms with Crippen LogP contribution in [0.2, 0.25) is 0 Å². The van der Waals surface area contributed by atoms with Gasteiger partial charge < -0.3 is 11.1 Å². The number of nitriles is 1. The van der Waals surface area contributed by atoms with Gasteiger partial charge in [0.15, 0.2) is 0 Å². The molecule has 2 aromatic rings. The number of rotatable bonds is 4. The summed E-state index contributed by atoms with van der Waals surface area (Å²) in [4.78, 5) is 11.8. The molecule has 0 spiro atoms. The molecule has 0 saturated heterocycles. The molecule has 1 amide bonds. The summed E-state index contributed by atoms with van der Waals surface area (Å²) < 4.78 is 0. The first kappa shape index (κ1) is 14.4. The second kappa shape index (κ2) is 6.92. The third kappa shape index (κ3) is 4.51. The molecule has 4 heteroatoms. The van der Waals surface area contributed by atoms with E-state index in [4.69, 9.17) is 11.0 Å². The van der Waals surface area contributed by atoms with E-state index in [9.17, 15) is 4.79 Å². The Morgan fingerprint density at radius 1 is 1.14 bits per heavy atom. The summed E-state index contributed by atoms with van der Waals surface area (Å²) in [5.74, 6) is -0.208. The number of anilines is 2. The smallest absolute Gasteiger partial charge is 0.248 e. The van der Waals surface area contributed by atoms with E-state index in [-0.39, 0.29) is 5.91 Å². The van der Waals surface area contributed by atoms with Crippen molar-refractivity contribution in [2.75, 3.05) is 11.1 Å². The monoisotopic (exact) mass is 277 g/mol.